The number of fused-ring (bicyclic) bond motifs is 1. The first kappa shape index (κ1) is 13.8. The zero-order chi connectivity index (χ0) is 14.3. The molecule has 1 saturated heterocycles. The van der Waals surface area contributed by atoms with E-state index in [0.29, 0.717) is 5.92 Å². The lowest BCUT2D eigenvalue weighted by Crippen LogP contribution is -2.54. The lowest BCUT2D eigenvalue weighted by Gasteiger charge is -2.43. The van der Waals surface area contributed by atoms with Gasteiger partial charge in [-0.3, -0.25) is 4.90 Å². The van der Waals surface area contributed by atoms with Gasteiger partial charge in [-0.1, -0.05) is 45.7 Å². The van der Waals surface area contributed by atoms with Crippen LogP contribution in [0.15, 0.2) is 33.9 Å². The Bertz CT molecular complexity index is 568. The van der Waals surface area contributed by atoms with Gasteiger partial charge in [-0.15, -0.1) is 0 Å². The Morgan fingerprint density at radius 3 is 2.76 bits per heavy atom. The second kappa shape index (κ2) is 5.40. The van der Waals surface area contributed by atoms with Crippen LogP contribution in [0.4, 0.5) is 0 Å². The fraction of sp³-hybridized carbons (Fsp3) is 0.588. The predicted octanol–water partition coefficient (Wildman–Crippen LogP) is 4.17. The zero-order valence-corrected chi connectivity index (χ0v) is 13.8. The lowest BCUT2D eigenvalue weighted by atomic mass is 9.76. The van der Waals surface area contributed by atoms with Gasteiger partial charge in [0, 0.05) is 29.5 Å². The molecule has 0 radical (unpaired) electrons. The Morgan fingerprint density at radius 1 is 1.14 bits per heavy atom. The molecule has 2 heterocycles. The van der Waals surface area contributed by atoms with Crippen LogP contribution in [0.25, 0.3) is 0 Å². The molecule has 3 nitrogen and oxygen atoms in total. The van der Waals surface area contributed by atoms with Crippen molar-refractivity contribution in [1.82, 2.24) is 4.90 Å². The Balaban J connectivity index is 1.70. The van der Waals surface area contributed by atoms with E-state index in [2.05, 4.69) is 50.3 Å². The van der Waals surface area contributed by atoms with E-state index in [-0.39, 0.29) is 5.72 Å². The van der Waals surface area contributed by atoms with Gasteiger partial charge in [-0.25, -0.2) is 0 Å². The minimum absolute atomic E-state index is 0.153. The highest BCUT2D eigenvalue weighted by atomic mass is 79.9. The van der Waals surface area contributed by atoms with E-state index < -0.39 is 0 Å². The number of hydrogen-bond donors (Lipinski definition) is 0. The molecule has 2 unspecified atom stereocenters. The molecule has 0 spiro atoms. The molecule has 1 aromatic carbocycles. The average molecular weight is 349 g/mol. The van der Waals surface area contributed by atoms with Crippen LogP contribution in [0.2, 0.25) is 0 Å². The number of likely N-dealkylation sites (tertiary alicyclic amines) is 1. The average Bonchev–Trinajstić information content (AvgIpc) is 3.16. The SMILES string of the molecule is Brc1ccccc1C1=NOC2(N3CCCC3)CCCCC12. The highest BCUT2D eigenvalue weighted by Crippen LogP contribution is 2.47. The van der Waals surface area contributed by atoms with Crippen molar-refractivity contribution >= 4 is 21.6 Å². The van der Waals surface area contributed by atoms with E-state index >= 15 is 0 Å². The van der Waals surface area contributed by atoms with Crippen LogP contribution in [0.5, 0.6) is 0 Å². The molecule has 2 fully saturated rings. The molecule has 0 aromatic heterocycles. The van der Waals surface area contributed by atoms with Crippen molar-refractivity contribution in [3.05, 3.63) is 34.3 Å². The summed E-state index contributed by atoms with van der Waals surface area (Å²) in [7, 11) is 0. The van der Waals surface area contributed by atoms with Gasteiger partial charge < -0.3 is 4.84 Å². The maximum atomic E-state index is 6.14. The van der Waals surface area contributed by atoms with Crippen LogP contribution in [0.1, 0.15) is 44.1 Å². The molecular formula is C17H21BrN2O. The number of halogens is 1. The Morgan fingerprint density at radius 2 is 1.95 bits per heavy atom. The lowest BCUT2D eigenvalue weighted by molar-refractivity contribution is -0.168. The minimum Gasteiger partial charge on any atom is -0.372 e. The quantitative estimate of drug-likeness (QED) is 0.801. The monoisotopic (exact) mass is 348 g/mol. The van der Waals surface area contributed by atoms with Gasteiger partial charge in [0.1, 0.15) is 0 Å². The van der Waals surface area contributed by atoms with Crippen LogP contribution >= 0.6 is 15.9 Å². The van der Waals surface area contributed by atoms with Gasteiger partial charge >= 0.3 is 0 Å². The third-order valence-electron chi connectivity index (χ3n) is 5.25. The molecule has 0 N–H and O–H groups in total. The fourth-order valence-corrected chi connectivity index (χ4v) is 4.70. The smallest absolute Gasteiger partial charge is 0.199 e. The third-order valence-corrected chi connectivity index (χ3v) is 5.94. The number of rotatable bonds is 2. The summed E-state index contributed by atoms with van der Waals surface area (Å²) >= 11 is 3.67. The third kappa shape index (κ3) is 2.15. The standard InChI is InChI=1S/C17H21BrN2O/c18-15-9-2-1-7-13(15)16-14-8-3-4-10-17(14,21-19-16)20-11-5-6-12-20/h1-2,7,9,14H,3-6,8,10-12H2. The Labute approximate surface area is 134 Å². The summed E-state index contributed by atoms with van der Waals surface area (Å²) < 4.78 is 1.12. The van der Waals surface area contributed by atoms with E-state index in [1.54, 1.807) is 0 Å². The molecule has 0 amide bonds. The normalized spacial score (nSPS) is 32.6. The Kier molecular flexibility index (Phi) is 3.54. The summed E-state index contributed by atoms with van der Waals surface area (Å²) in [5.41, 5.74) is 2.19. The van der Waals surface area contributed by atoms with Crippen molar-refractivity contribution in [1.29, 1.82) is 0 Å². The summed E-state index contributed by atoms with van der Waals surface area (Å²) in [6.07, 6.45) is 7.44. The molecule has 4 heteroatoms. The first-order valence-corrected chi connectivity index (χ1v) is 8.86. The topological polar surface area (TPSA) is 24.8 Å². The molecule has 112 valence electrons. The molecule has 2 aliphatic heterocycles. The van der Waals surface area contributed by atoms with Crippen molar-refractivity contribution < 1.29 is 4.84 Å². The molecular weight excluding hydrogens is 328 g/mol. The maximum Gasteiger partial charge on any atom is 0.199 e. The largest absolute Gasteiger partial charge is 0.372 e. The van der Waals surface area contributed by atoms with Gasteiger partial charge in [-0.2, -0.15) is 0 Å². The number of oxime groups is 1. The highest BCUT2D eigenvalue weighted by molar-refractivity contribution is 9.10. The van der Waals surface area contributed by atoms with Crippen molar-refractivity contribution in [2.75, 3.05) is 13.1 Å². The molecule has 2 atom stereocenters. The summed E-state index contributed by atoms with van der Waals surface area (Å²) in [6.45, 7) is 2.32. The van der Waals surface area contributed by atoms with Crippen molar-refractivity contribution in [2.24, 2.45) is 11.1 Å². The number of nitrogens with zero attached hydrogens (tertiary/aromatic N) is 2. The first-order valence-electron chi connectivity index (χ1n) is 8.07. The molecule has 1 aromatic rings. The Hall–Kier alpha value is -0.870. The number of benzene rings is 1. The maximum absolute atomic E-state index is 6.14. The van der Waals surface area contributed by atoms with Crippen LogP contribution in [-0.4, -0.2) is 29.4 Å². The summed E-state index contributed by atoms with van der Waals surface area (Å²) in [4.78, 5) is 8.70. The van der Waals surface area contributed by atoms with E-state index in [9.17, 15) is 0 Å². The van der Waals surface area contributed by atoms with Crippen LogP contribution in [-0.2, 0) is 4.84 Å². The highest BCUT2D eigenvalue weighted by Gasteiger charge is 2.54. The van der Waals surface area contributed by atoms with E-state index in [1.165, 1.54) is 37.7 Å². The van der Waals surface area contributed by atoms with Crippen LogP contribution in [0.3, 0.4) is 0 Å². The molecule has 1 saturated carbocycles. The second-order valence-corrected chi connectivity index (χ2v) is 7.24. The van der Waals surface area contributed by atoms with Gasteiger partial charge in [0.25, 0.3) is 0 Å². The van der Waals surface area contributed by atoms with Gasteiger partial charge in [0.05, 0.1) is 11.6 Å². The van der Waals surface area contributed by atoms with E-state index in [1.807, 2.05) is 0 Å². The molecule has 0 bridgehead atoms. The summed E-state index contributed by atoms with van der Waals surface area (Å²) in [5.74, 6) is 0.419. The summed E-state index contributed by atoms with van der Waals surface area (Å²) in [6, 6.07) is 8.39. The zero-order valence-electron chi connectivity index (χ0n) is 12.2. The fourth-order valence-electron chi connectivity index (χ4n) is 4.22. The van der Waals surface area contributed by atoms with Crippen molar-refractivity contribution in [3.63, 3.8) is 0 Å². The first-order chi connectivity index (χ1) is 10.3. The van der Waals surface area contributed by atoms with Crippen molar-refractivity contribution in [2.45, 2.75) is 44.2 Å². The summed E-state index contributed by atoms with van der Waals surface area (Å²) in [5, 5.41) is 4.57. The molecule has 3 aliphatic rings. The van der Waals surface area contributed by atoms with Gasteiger partial charge in [0.15, 0.2) is 5.72 Å². The van der Waals surface area contributed by atoms with E-state index in [4.69, 9.17) is 4.84 Å². The van der Waals surface area contributed by atoms with E-state index in [0.717, 1.165) is 29.7 Å². The molecule has 4 rings (SSSR count). The second-order valence-electron chi connectivity index (χ2n) is 6.38. The van der Waals surface area contributed by atoms with Gasteiger partial charge in [-0.05, 0) is 31.7 Å². The van der Waals surface area contributed by atoms with Crippen molar-refractivity contribution in [3.8, 4) is 0 Å². The van der Waals surface area contributed by atoms with Crippen LogP contribution < -0.4 is 0 Å². The predicted molar refractivity (Wildman–Crippen MR) is 87.3 cm³/mol. The van der Waals surface area contributed by atoms with Crippen LogP contribution in [0, 0.1) is 5.92 Å². The molecule has 21 heavy (non-hydrogen) atoms. The molecule has 1 aliphatic carbocycles. The van der Waals surface area contributed by atoms with Gasteiger partial charge in [0.2, 0.25) is 0 Å². The minimum atomic E-state index is -0.153. The number of hydrogen-bond acceptors (Lipinski definition) is 3.